The highest BCUT2D eigenvalue weighted by atomic mass is 32.2. The molecule has 1 aromatic rings. The van der Waals surface area contributed by atoms with E-state index in [9.17, 15) is 4.79 Å². The molecule has 3 rings (SSSR count). The highest BCUT2D eigenvalue weighted by molar-refractivity contribution is 7.99. The highest BCUT2D eigenvalue weighted by Crippen LogP contribution is 2.22. The molecule has 0 radical (unpaired) electrons. The lowest BCUT2D eigenvalue weighted by Gasteiger charge is -2.34. The van der Waals surface area contributed by atoms with Gasteiger partial charge in [0, 0.05) is 49.7 Å². The molecule has 6 nitrogen and oxygen atoms in total. The Morgan fingerprint density at radius 1 is 1.29 bits per heavy atom. The first-order chi connectivity index (χ1) is 11.5. The lowest BCUT2D eigenvalue weighted by molar-refractivity contribution is 0.189. The number of nitrogens with zero attached hydrogens (tertiary/aromatic N) is 4. The third-order valence-electron chi connectivity index (χ3n) is 4.87. The SMILES string of the molecule is Cc1cc(N2CCC(NC(=O)N(C)[C@H]3CCSC3)CC2)nc(C)n1. The van der Waals surface area contributed by atoms with Crippen LogP contribution >= 0.6 is 11.8 Å². The Hall–Kier alpha value is -1.50. The minimum absolute atomic E-state index is 0.0784. The summed E-state index contributed by atoms with van der Waals surface area (Å²) in [6.45, 7) is 5.77. The van der Waals surface area contributed by atoms with Crippen molar-refractivity contribution in [2.45, 2.75) is 45.2 Å². The molecule has 7 heteroatoms. The quantitative estimate of drug-likeness (QED) is 0.906. The minimum atomic E-state index is 0.0784. The van der Waals surface area contributed by atoms with Crippen LogP contribution in [-0.4, -0.2) is 64.6 Å². The van der Waals surface area contributed by atoms with Crippen molar-refractivity contribution in [1.29, 1.82) is 0 Å². The van der Waals surface area contributed by atoms with Crippen molar-refractivity contribution >= 4 is 23.6 Å². The van der Waals surface area contributed by atoms with Crippen molar-refractivity contribution in [3.8, 4) is 0 Å². The molecular formula is C17H27N5OS. The summed E-state index contributed by atoms with van der Waals surface area (Å²) in [4.78, 5) is 25.5. The molecule has 1 N–H and O–H groups in total. The smallest absolute Gasteiger partial charge is 0.317 e. The number of rotatable bonds is 3. The van der Waals surface area contributed by atoms with Crippen LogP contribution in [0.1, 0.15) is 30.8 Å². The summed E-state index contributed by atoms with van der Waals surface area (Å²) in [7, 11) is 1.92. The van der Waals surface area contributed by atoms with E-state index in [1.807, 2.05) is 43.6 Å². The number of carbonyl (C=O) groups excluding carboxylic acids is 1. The van der Waals surface area contributed by atoms with Crippen molar-refractivity contribution in [1.82, 2.24) is 20.2 Å². The molecule has 3 heterocycles. The van der Waals surface area contributed by atoms with Crippen molar-refractivity contribution in [2.24, 2.45) is 0 Å². The number of aryl methyl sites for hydroxylation is 2. The van der Waals surface area contributed by atoms with Crippen LogP contribution in [0.3, 0.4) is 0 Å². The third kappa shape index (κ3) is 4.12. The Bertz CT molecular complexity index is 562. The monoisotopic (exact) mass is 349 g/mol. The zero-order chi connectivity index (χ0) is 17.1. The number of carbonyl (C=O) groups is 1. The van der Waals surface area contributed by atoms with Crippen LogP contribution in [0, 0.1) is 13.8 Å². The summed E-state index contributed by atoms with van der Waals surface area (Å²) >= 11 is 1.93. The van der Waals surface area contributed by atoms with Gasteiger partial charge in [0.1, 0.15) is 11.6 Å². The molecule has 132 valence electrons. The molecule has 1 aromatic heterocycles. The van der Waals surface area contributed by atoms with Gasteiger partial charge in [-0.05, 0) is 38.9 Å². The lowest BCUT2D eigenvalue weighted by Crippen LogP contribution is -2.50. The number of nitrogens with one attached hydrogen (secondary N) is 1. The summed E-state index contributed by atoms with van der Waals surface area (Å²) in [6.07, 6.45) is 3.03. The Kier molecular flexibility index (Phi) is 5.48. The van der Waals surface area contributed by atoms with Gasteiger partial charge in [-0.1, -0.05) is 0 Å². The average Bonchev–Trinajstić information content (AvgIpc) is 3.08. The number of anilines is 1. The van der Waals surface area contributed by atoms with Crippen LogP contribution in [0.15, 0.2) is 6.07 Å². The normalized spacial score (nSPS) is 21.8. The predicted octanol–water partition coefficient (Wildman–Crippen LogP) is 2.21. The van der Waals surface area contributed by atoms with E-state index in [0.29, 0.717) is 6.04 Å². The molecule has 2 amide bonds. The van der Waals surface area contributed by atoms with Crippen molar-refractivity contribution < 1.29 is 4.79 Å². The predicted molar refractivity (Wildman–Crippen MR) is 98.8 cm³/mol. The molecule has 0 aliphatic carbocycles. The van der Waals surface area contributed by atoms with Gasteiger partial charge >= 0.3 is 6.03 Å². The van der Waals surface area contributed by atoms with Gasteiger partial charge in [-0.15, -0.1) is 0 Å². The number of amides is 2. The van der Waals surface area contributed by atoms with Gasteiger partial charge in [-0.25, -0.2) is 14.8 Å². The second-order valence-corrected chi connectivity index (χ2v) is 7.90. The summed E-state index contributed by atoms with van der Waals surface area (Å²) < 4.78 is 0. The molecule has 0 unspecified atom stereocenters. The van der Waals surface area contributed by atoms with Crippen LogP contribution < -0.4 is 10.2 Å². The first-order valence-corrected chi connectivity index (χ1v) is 9.86. The van der Waals surface area contributed by atoms with E-state index in [1.54, 1.807) is 0 Å². The number of thioether (sulfide) groups is 1. The molecule has 2 saturated heterocycles. The van der Waals surface area contributed by atoms with E-state index >= 15 is 0 Å². The number of aromatic nitrogens is 2. The molecule has 0 spiro atoms. The Labute approximate surface area is 148 Å². The molecule has 24 heavy (non-hydrogen) atoms. The number of hydrogen-bond acceptors (Lipinski definition) is 5. The fraction of sp³-hybridized carbons (Fsp3) is 0.706. The summed E-state index contributed by atoms with van der Waals surface area (Å²) in [5.74, 6) is 4.05. The largest absolute Gasteiger partial charge is 0.356 e. The van der Waals surface area contributed by atoms with Crippen LogP contribution in [0.5, 0.6) is 0 Å². The third-order valence-corrected chi connectivity index (χ3v) is 6.02. The zero-order valence-electron chi connectivity index (χ0n) is 14.8. The average molecular weight is 350 g/mol. The summed E-state index contributed by atoms with van der Waals surface area (Å²) in [5.41, 5.74) is 1.00. The second-order valence-electron chi connectivity index (χ2n) is 6.75. The standard InChI is InChI=1S/C17H27N5OS/c1-12-10-16(19-13(2)18-12)22-7-4-14(5-8-22)20-17(23)21(3)15-6-9-24-11-15/h10,14-15H,4-9,11H2,1-3H3,(H,20,23)/t15-/m0/s1. The van der Waals surface area contributed by atoms with Crippen LogP contribution in [-0.2, 0) is 0 Å². The Morgan fingerprint density at radius 3 is 2.67 bits per heavy atom. The van der Waals surface area contributed by atoms with Gasteiger partial charge in [0.15, 0.2) is 0 Å². The van der Waals surface area contributed by atoms with Crippen LogP contribution in [0.25, 0.3) is 0 Å². The fourth-order valence-corrected chi connectivity index (χ4v) is 4.65. The van der Waals surface area contributed by atoms with E-state index in [1.165, 1.54) is 5.75 Å². The van der Waals surface area contributed by atoms with E-state index in [0.717, 1.165) is 55.4 Å². The van der Waals surface area contributed by atoms with E-state index < -0.39 is 0 Å². The van der Waals surface area contributed by atoms with Crippen molar-refractivity contribution in [2.75, 3.05) is 36.5 Å². The Balaban J connectivity index is 1.50. The Morgan fingerprint density at radius 2 is 2.04 bits per heavy atom. The van der Waals surface area contributed by atoms with Gasteiger partial charge in [0.2, 0.25) is 0 Å². The molecular weight excluding hydrogens is 322 g/mol. The van der Waals surface area contributed by atoms with Crippen LogP contribution in [0.4, 0.5) is 10.6 Å². The molecule has 2 aliphatic rings. The molecule has 0 saturated carbocycles. The van der Waals surface area contributed by atoms with Gasteiger partial charge in [-0.2, -0.15) is 11.8 Å². The maximum Gasteiger partial charge on any atom is 0.317 e. The summed E-state index contributed by atoms with van der Waals surface area (Å²) in [5, 5.41) is 3.21. The van der Waals surface area contributed by atoms with E-state index in [4.69, 9.17) is 0 Å². The van der Waals surface area contributed by atoms with Crippen LogP contribution in [0.2, 0.25) is 0 Å². The molecule has 0 bridgehead atoms. The maximum absolute atomic E-state index is 12.4. The van der Waals surface area contributed by atoms with Gasteiger partial charge in [-0.3, -0.25) is 0 Å². The molecule has 2 fully saturated rings. The van der Waals surface area contributed by atoms with Gasteiger partial charge < -0.3 is 15.1 Å². The van der Waals surface area contributed by atoms with Gasteiger partial charge in [0.25, 0.3) is 0 Å². The van der Waals surface area contributed by atoms with E-state index in [2.05, 4.69) is 20.2 Å². The number of hydrogen-bond donors (Lipinski definition) is 1. The lowest BCUT2D eigenvalue weighted by atomic mass is 10.1. The first-order valence-electron chi connectivity index (χ1n) is 8.71. The molecule has 1 atom stereocenters. The topological polar surface area (TPSA) is 61.4 Å². The summed E-state index contributed by atoms with van der Waals surface area (Å²) in [6, 6.07) is 2.77. The van der Waals surface area contributed by atoms with Gasteiger partial charge in [0.05, 0.1) is 0 Å². The second kappa shape index (κ2) is 7.59. The fourth-order valence-electron chi connectivity index (χ4n) is 3.38. The zero-order valence-corrected chi connectivity index (χ0v) is 15.6. The van der Waals surface area contributed by atoms with Crippen molar-refractivity contribution in [3.05, 3.63) is 17.6 Å². The number of urea groups is 1. The van der Waals surface area contributed by atoms with Crippen molar-refractivity contribution in [3.63, 3.8) is 0 Å². The minimum Gasteiger partial charge on any atom is -0.356 e. The molecule has 0 aromatic carbocycles. The van der Waals surface area contributed by atoms with E-state index in [-0.39, 0.29) is 12.1 Å². The molecule has 2 aliphatic heterocycles. The first kappa shape index (κ1) is 17.3. The number of piperidine rings is 1. The highest BCUT2D eigenvalue weighted by Gasteiger charge is 2.27. The maximum atomic E-state index is 12.4.